The molecule has 2 aliphatic carbocycles. The zero-order chi connectivity index (χ0) is 27.7. The molecular formula is C33H35ClN2O3S. The molecule has 0 radical (unpaired) electrons. The molecular weight excluding hydrogens is 540 g/mol. The number of nitrogens with zero attached hydrogens (tertiary/aromatic N) is 1. The van der Waals surface area contributed by atoms with Crippen LogP contribution in [0.5, 0.6) is 5.75 Å². The average molecular weight is 575 g/mol. The normalized spacial score (nSPS) is 24.6. The SMILES string of the molecule is CCC(COc1ccnc2ccsc12)CC1Cc2ccccc2C12CCC(Nc1cccc(Cl)c1)(C(=O)O)CC2. The molecule has 1 saturated carbocycles. The predicted molar refractivity (Wildman–Crippen MR) is 163 cm³/mol. The summed E-state index contributed by atoms with van der Waals surface area (Å²) >= 11 is 7.88. The number of hydrogen-bond acceptors (Lipinski definition) is 5. The smallest absolute Gasteiger partial charge is 0.329 e. The number of fused-ring (bicyclic) bond motifs is 3. The zero-order valence-electron chi connectivity index (χ0n) is 22.7. The Morgan fingerprint density at radius 1 is 1.15 bits per heavy atom. The lowest BCUT2D eigenvalue weighted by atomic mass is 9.59. The summed E-state index contributed by atoms with van der Waals surface area (Å²) in [7, 11) is 0. The molecule has 4 aromatic rings. The van der Waals surface area contributed by atoms with Crippen LogP contribution in [0.4, 0.5) is 5.69 Å². The fraction of sp³-hybridized carbons (Fsp3) is 0.394. The van der Waals surface area contributed by atoms with E-state index in [0.29, 0.717) is 36.3 Å². The van der Waals surface area contributed by atoms with Crippen molar-refractivity contribution < 1.29 is 14.6 Å². The molecule has 0 amide bonds. The van der Waals surface area contributed by atoms with Crippen LogP contribution in [0.2, 0.25) is 5.02 Å². The fourth-order valence-corrected chi connectivity index (χ4v) is 8.14. The van der Waals surface area contributed by atoms with E-state index in [4.69, 9.17) is 16.3 Å². The molecule has 0 bridgehead atoms. The summed E-state index contributed by atoms with van der Waals surface area (Å²) in [4.78, 5) is 17.1. The maximum absolute atomic E-state index is 12.7. The quantitative estimate of drug-likeness (QED) is 0.210. The molecule has 2 atom stereocenters. The lowest BCUT2D eigenvalue weighted by Gasteiger charge is -2.47. The van der Waals surface area contributed by atoms with Crippen molar-refractivity contribution in [3.63, 3.8) is 0 Å². The van der Waals surface area contributed by atoms with Gasteiger partial charge in [0.1, 0.15) is 11.3 Å². The van der Waals surface area contributed by atoms with Crippen LogP contribution in [-0.4, -0.2) is 28.2 Å². The van der Waals surface area contributed by atoms with Gasteiger partial charge in [-0.1, -0.05) is 55.3 Å². The molecule has 40 heavy (non-hydrogen) atoms. The van der Waals surface area contributed by atoms with Gasteiger partial charge in [0.2, 0.25) is 0 Å². The number of aliphatic carboxylic acids is 1. The number of benzene rings is 2. The Labute approximate surface area is 244 Å². The Balaban J connectivity index is 1.22. The Kier molecular flexibility index (Phi) is 7.49. The fourth-order valence-electron chi connectivity index (χ4n) is 7.13. The molecule has 208 valence electrons. The number of carbonyl (C=O) groups is 1. The summed E-state index contributed by atoms with van der Waals surface area (Å²) in [5.41, 5.74) is 3.56. The molecule has 2 aliphatic rings. The highest BCUT2D eigenvalue weighted by molar-refractivity contribution is 7.17. The lowest BCUT2D eigenvalue weighted by Crippen LogP contribution is -2.53. The number of ether oxygens (including phenoxy) is 1. The summed E-state index contributed by atoms with van der Waals surface area (Å²) in [5, 5.41) is 16.4. The molecule has 7 heteroatoms. The standard InChI is InChI=1S/C33H35ClN2O3S/c1-2-22(21-39-29-10-16-35-28-11-17-40-30(28)29)18-24-19-23-6-3-4-9-27(23)32(24)12-14-33(15-13-32,31(37)38)36-26-8-5-7-25(34)20-26/h3-11,16-17,20,22,24,36H,2,12-15,18-19,21H2,1H3,(H,37,38). The second kappa shape index (κ2) is 11.1. The van der Waals surface area contributed by atoms with Crippen molar-refractivity contribution in [2.24, 2.45) is 11.8 Å². The first-order valence-corrected chi connectivity index (χ1v) is 15.5. The van der Waals surface area contributed by atoms with E-state index >= 15 is 0 Å². The second-order valence-corrected chi connectivity index (χ2v) is 12.9. The van der Waals surface area contributed by atoms with Crippen molar-refractivity contribution in [1.29, 1.82) is 0 Å². The molecule has 1 fully saturated rings. The van der Waals surface area contributed by atoms with Crippen molar-refractivity contribution in [3.8, 4) is 5.75 Å². The average Bonchev–Trinajstić information content (AvgIpc) is 3.56. The monoisotopic (exact) mass is 574 g/mol. The van der Waals surface area contributed by atoms with Crippen LogP contribution in [0, 0.1) is 11.8 Å². The number of pyridine rings is 1. The number of nitrogens with one attached hydrogen (secondary N) is 1. The number of rotatable bonds is 9. The van der Waals surface area contributed by atoms with Gasteiger partial charge in [0.25, 0.3) is 0 Å². The molecule has 2 aromatic carbocycles. The van der Waals surface area contributed by atoms with Crippen LogP contribution in [0.1, 0.15) is 56.6 Å². The van der Waals surface area contributed by atoms with Gasteiger partial charge in [-0.25, -0.2) is 4.79 Å². The molecule has 2 N–H and O–H groups in total. The molecule has 0 aliphatic heterocycles. The van der Waals surface area contributed by atoms with Crippen molar-refractivity contribution in [3.05, 3.63) is 88.4 Å². The van der Waals surface area contributed by atoms with E-state index in [0.717, 1.165) is 53.8 Å². The van der Waals surface area contributed by atoms with E-state index in [9.17, 15) is 9.90 Å². The summed E-state index contributed by atoms with van der Waals surface area (Å²) in [6, 6.07) is 20.2. The van der Waals surface area contributed by atoms with E-state index in [1.807, 2.05) is 42.6 Å². The van der Waals surface area contributed by atoms with Crippen LogP contribution in [-0.2, 0) is 16.6 Å². The van der Waals surface area contributed by atoms with Gasteiger partial charge in [0.15, 0.2) is 0 Å². The van der Waals surface area contributed by atoms with Crippen LogP contribution >= 0.6 is 22.9 Å². The largest absolute Gasteiger partial charge is 0.492 e. The van der Waals surface area contributed by atoms with Gasteiger partial charge in [0.05, 0.1) is 16.8 Å². The van der Waals surface area contributed by atoms with Crippen molar-refractivity contribution in [1.82, 2.24) is 4.98 Å². The molecule has 2 aromatic heterocycles. The number of carboxylic acid groups (broad SMARTS) is 1. The number of anilines is 1. The number of hydrogen-bond donors (Lipinski definition) is 2. The van der Waals surface area contributed by atoms with Gasteiger partial charge >= 0.3 is 5.97 Å². The summed E-state index contributed by atoms with van der Waals surface area (Å²) < 4.78 is 7.51. The number of aromatic nitrogens is 1. The van der Waals surface area contributed by atoms with Gasteiger partial charge < -0.3 is 15.2 Å². The zero-order valence-corrected chi connectivity index (χ0v) is 24.3. The Bertz CT molecular complexity index is 1510. The third kappa shape index (κ3) is 4.97. The third-order valence-electron chi connectivity index (χ3n) is 9.39. The predicted octanol–water partition coefficient (Wildman–Crippen LogP) is 8.36. The van der Waals surface area contributed by atoms with Gasteiger partial charge in [-0.15, -0.1) is 11.3 Å². The highest BCUT2D eigenvalue weighted by atomic mass is 35.5. The van der Waals surface area contributed by atoms with E-state index in [1.54, 1.807) is 11.3 Å². The molecule has 0 saturated heterocycles. The lowest BCUT2D eigenvalue weighted by molar-refractivity contribution is -0.144. The summed E-state index contributed by atoms with van der Waals surface area (Å²) in [6.45, 7) is 2.92. The third-order valence-corrected chi connectivity index (χ3v) is 10.5. The van der Waals surface area contributed by atoms with Crippen molar-refractivity contribution in [2.75, 3.05) is 11.9 Å². The molecule has 2 heterocycles. The van der Waals surface area contributed by atoms with Crippen molar-refractivity contribution >= 4 is 44.8 Å². The van der Waals surface area contributed by atoms with Crippen LogP contribution in [0.25, 0.3) is 10.2 Å². The van der Waals surface area contributed by atoms with Gasteiger partial charge in [-0.3, -0.25) is 4.98 Å². The highest BCUT2D eigenvalue weighted by Gasteiger charge is 2.54. The van der Waals surface area contributed by atoms with E-state index in [1.165, 1.54) is 11.1 Å². The Morgan fingerprint density at radius 3 is 2.75 bits per heavy atom. The second-order valence-electron chi connectivity index (χ2n) is 11.5. The van der Waals surface area contributed by atoms with Crippen LogP contribution < -0.4 is 10.1 Å². The molecule has 2 unspecified atom stereocenters. The number of thiophene rings is 1. The Hall–Kier alpha value is -3.09. The molecule has 1 spiro atoms. The molecule has 6 rings (SSSR count). The number of halogens is 1. The van der Waals surface area contributed by atoms with Crippen molar-refractivity contribution in [2.45, 2.75) is 62.8 Å². The van der Waals surface area contributed by atoms with E-state index in [-0.39, 0.29) is 5.41 Å². The molecule has 5 nitrogen and oxygen atoms in total. The minimum absolute atomic E-state index is 0.0172. The highest BCUT2D eigenvalue weighted by Crippen LogP contribution is 2.56. The minimum atomic E-state index is -1.00. The maximum atomic E-state index is 12.7. The van der Waals surface area contributed by atoms with E-state index < -0.39 is 11.5 Å². The summed E-state index contributed by atoms with van der Waals surface area (Å²) in [5.74, 6) is 0.992. The Morgan fingerprint density at radius 2 is 1.98 bits per heavy atom. The number of carboxylic acids is 1. The minimum Gasteiger partial charge on any atom is -0.492 e. The first-order valence-electron chi connectivity index (χ1n) is 14.2. The maximum Gasteiger partial charge on any atom is 0.329 e. The topological polar surface area (TPSA) is 71.5 Å². The summed E-state index contributed by atoms with van der Waals surface area (Å²) in [6.07, 6.45) is 7.78. The van der Waals surface area contributed by atoms with Gasteiger partial charge in [0, 0.05) is 16.9 Å². The van der Waals surface area contributed by atoms with Gasteiger partial charge in [-0.05, 0) is 103 Å². The van der Waals surface area contributed by atoms with Gasteiger partial charge in [-0.2, -0.15) is 0 Å². The first kappa shape index (κ1) is 27.1. The van der Waals surface area contributed by atoms with Crippen LogP contribution in [0.3, 0.4) is 0 Å². The van der Waals surface area contributed by atoms with Crippen LogP contribution in [0.15, 0.2) is 72.2 Å². The first-order chi connectivity index (χ1) is 19.4. The van der Waals surface area contributed by atoms with E-state index in [2.05, 4.69) is 46.9 Å².